The van der Waals surface area contributed by atoms with Crippen LogP contribution in [0, 0.1) is 23.1 Å². The Kier molecular flexibility index (Phi) is 4.43. The van der Waals surface area contributed by atoms with Gasteiger partial charge in [0.1, 0.15) is 29.8 Å². The maximum absolute atomic E-state index is 13.4. The Labute approximate surface area is 121 Å². The van der Waals surface area contributed by atoms with Gasteiger partial charge in [0.15, 0.2) is 0 Å². The van der Waals surface area contributed by atoms with Crippen LogP contribution in [0.1, 0.15) is 31.2 Å². The number of ether oxygens (including phenoxy) is 1. The molecule has 0 atom stereocenters. The molecule has 112 valence electrons. The van der Waals surface area contributed by atoms with Crippen molar-refractivity contribution in [2.75, 3.05) is 6.61 Å². The van der Waals surface area contributed by atoms with Gasteiger partial charge in [-0.05, 0) is 37.8 Å². The largest absolute Gasteiger partial charge is 0.489 e. The van der Waals surface area contributed by atoms with E-state index in [0.29, 0.717) is 25.7 Å². The summed E-state index contributed by atoms with van der Waals surface area (Å²) in [5, 5.41) is 28.2. The van der Waals surface area contributed by atoms with Crippen LogP contribution in [-0.2, 0) is 4.79 Å². The molecular formula is C15H16FNO4. The van der Waals surface area contributed by atoms with E-state index in [1.165, 1.54) is 12.1 Å². The number of nitrogens with zero attached hydrogens (tertiary/aromatic N) is 1. The van der Waals surface area contributed by atoms with Gasteiger partial charge in [-0.25, -0.2) is 4.39 Å². The van der Waals surface area contributed by atoms with Gasteiger partial charge in [-0.15, -0.1) is 0 Å². The number of aliphatic hydroxyl groups is 1. The number of halogens is 1. The van der Waals surface area contributed by atoms with Crippen molar-refractivity contribution >= 4 is 5.97 Å². The van der Waals surface area contributed by atoms with Crippen LogP contribution in [0.3, 0.4) is 0 Å². The van der Waals surface area contributed by atoms with Crippen molar-refractivity contribution < 1.29 is 24.1 Å². The summed E-state index contributed by atoms with van der Waals surface area (Å²) in [6.07, 6.45) is 1.37. The van der Waals surface area contributed by atoms with Gasteiger partial charge in [0.2, 0.25) is 0 Å². The van der Waals surface area contributed by atoms with E-state index in [0.717, 1.165) is 6.07 Å². The van der Waals surface area contributed by atoms with Gasteiger partial charge >= 0.3 is 5.97 Å². The number of hydrogen-bond acceptors (Lipinski definition) is 4. The standard InChI is InChI=1S/C15H16FNO4/c16-12-2-1-3-13(11(12)8-17)21-9-15(20)6-4-10(5-7-15)14(18)19/h1-3,10,20H,4-7,9H2,(H,18,19). The van der Waals surface area contributed by atoms with E-state index in [1.54, 1.807) is 6.07 Å². The van der Waals surface area contributed by atoms with Gasteiger partial charge in [0.05, 0.1) is 11.5 Å². The van der Waals surface area contributed by atoms with Crippen LogP contribution in [0.25, 0.3) is 0 Å². The van der Waals surface area contributed by atoms with E-state index in [4.69, 9.17) is 15.1 Å². The molecule has 2 N–H and O–H groups in total. The van der Waals surface area contributed by atoms with E-state index in [2.05, 4.69) is 0 Å². The molecule has 0 radical (unpaired) electrons. The van der Waals surface area contributed by atoms with E-state index >= 15 is 0 Å². The van der Waals surface area contributed by atoms with Crippen molar-refractivity contribution in [3.63, 3.8) is 0 Å². The first-order valence-corrected chi connectivity index (χ1v) is 6.72. The Morgan fingerprint density at radius 1 is 1.48 bits per heavy atom. The Hall–Kier alpha value is -2.13. The molecule has 6 heteroatoms. The smallest absolute Gasteiger partial charge is 0.306 e. The SMILES string of the molecule is N#Cc1c(F)cccc1OCC1(O)CCC(C(=O)O)CC1. The van der Waals surface area contributed by atoms with Crippen LogP contribution < -0.4 is 4.74 Å². The van der Waals surface area contributed by atoms with Gasteiger partial charge in [-0.2, -0.15) is 5.26 Å². The first-order valence-electron chi connectivity index (χ1n) is 6.72. The fourth-order valence-electron chi connectivity index (χ4n) is 2.49. The monoisotopic (exact) mass is 293 g/mol. The minimum absolute atomic E-state index is 0.0858. The van der Waals surface area contributed by atoms with Crippen LogP contribution in [0.2, 0.25) is 0 Å². The average molecular weight is 293 g/mol. The quantitative estimate of drug-likeness (QED) is 0.887. The van der Waals surface area contributed by atoms with Crippen LogP contribution in [0.5, 0.6) is 5.75 Å². The first kappa shape index (κ1) is 15.3. The molecule has 1 saturated carbocycles. The second-order valence-corrected chi connectivity index (χ2v) is 5.35. The highest BCUT2D eigenvalue weighted by atomic mass is 19.1. The van der Waals surface area contributed by atoms with E-state index < -0.39 is 23.3 Å². The topological polar surface area (TPSA) is 90.5 Å². The van der Waals surface area contributed by atoms with Gasteiger partial charge < -0.3 is 14.9 Å². The number of benzene rings is 1. The van der Waals surface area contributed by atoms with Gasteiger partial charge in [-0.3, -0.25) is 4.79 Å². The highest BCUT2D eigenvalue weighted by molar-refractivity contribution is 5.70. The lowest BCUT2D eigenvalue weighted by atomic mass is 9.79. The second-order valence-electron chi connectivity index (χ2n) is 5.35. The molecule has 1 aliphatic rings. The molecule has 1 aliphatic carbocycles. The Morgan fingerprint density at radius 3 is 2.71 bits per heavy atom. The number of carboxylic acids is 1. The van der Waals surface area contributed by atoms with Crippen LogP contribution in [-0.4, -0.2) is 28.4 Å². The molecule has 1 fully saturated rings. The summed E-state index contributed by atoms with van der Waals surface area (Å²) in [5.41, 5.74) is -1.33. The fraction of sp³-hybridized carbons (Fsp3) is 0.467. The van der Waals surface area contributed by atoms with Crippen LogP contribution >= 0.6 is 0 Å². The van der Waals surface area contributed by atoms with Gasteiger partial charge in [-0.1, -0.05) is 6.07 Å². The molecule has 5 nitrogen and oxygen atoms in total. The summed E-state index contributed by atoms with van der Waals surface area (Å²) in [6.45, 7) is -0.0858. The minimum Gasteiger partial charge on any atom is -0.489 e. The summed E-state index contributed by atoms with van der Waals surface area (Å²) < 4.78 is 18.8. The molecule has 1 aromatic carbocycles. The maximum atomic E-state index is 13.4. The Bertz CT molecular complexity index is 574. The van der Waals surface area contributed by atoms with E-state index in [-0.39, 0.29) is 17.9 Å². The predicted molar refractivity (Wildman–Crippen MR) is 71.2 cm³/mol. The summed E-state index contributed by atoms with van der Waals surface area (Å²) in [6, 6.07) is 5.79. The van der Waals surface area contributed by atoms with Crippen molar-refractivity contribution in [1.29, 1.82) is 5.26 Å². The molecule has 0 spiro atoms. The Balaban J connectivity index is 1.99. The molecule has 0 aliphatic heterocycles. The lowest BCUT2D eigenvalue weighted by Gasteiger charge is -2.34. The molecule has 0 bridgehead atoms. The number of carbonyl (C=O) groups is 1. The molecule has 0 aromatic heterocycles. The first-order chi connectivity index (χ1) is 9.95. The zero-order chi connectivity index (χ0) is 15.5. The molecule has 1 aromatic rings. The van der Waals surface area contributed by atoms with E-state index in [9.17, 15) is 14.3 Å². The molecular weight excluding hydrogens is 277 g/mol. The van der Waals surface area contributed by atoms with Crippen LogP contribution in [0.15, 0.2) is 18.2 Å². The van der Waals surface area contributed by atoms with Crippen molar-refractivity contribution in [2.24, 2.45) is 5.92 Å². The van der Waals surface area contributed by atoms with Gasteiger partial charge in [0, 0.05) is 0 Å². The third-order valence-corrected chi connectivity index (χ3v) is 3.85. The highest BCUT2D eigenvalue weighted by Crippen LogP contribution is 2.33. The molecule has 0 saturated heterocycles. The lowest BCUT2D eigenvalue weighted by molar-refractivity contribution is -0.145. The van der Waals surface area contributed by atoms with E-state index in [1.807, 2.05) is 0 Å². The zero-order valence-electron chi connectivity index (χ0n) is 11.4. The number of rotatable bonds is 4. The predicted octanol–water partition coefficient (Wildman–Crippen LogP) is 2.08. The highest BCUT2D eigenvalue weighted by Gasteiger charge is 2.36. The summed E-state index contributed by atoms with van der Waals surface area (Å²) in [7, 11) is 0. The summed E-state index contributed by atoms with van der Waals surface area (Å²) in [4.78, 5) is 10.9. The molecule has 0 heterocycles. The number of carboxylic acid groups (broad SMARTS) is 1. The fourth-order valence-corrected chi connectivity index (χ4v) is 2.49. The molecule has 0 amide bonds. The Morgan fingerprint density at radius 2 is 2.14 bits per heavy atom. The normalized spacial score (nSPS) is 25.1. The molecule has 2 rings (SSSR count). The third kappa shape index (κ3) is 3.50. The van der Waals surface area contributed by atoms with Crippen molar-refractivity contribution in [3.05, 3.63) is 29.6 Å². The third-order valence-electron chi connectivity index (χ3n) is 3.85. The zero-order valence-corrected chi connectivity index (χ0v) is 11.4. The lowest BCUT2D eigenvalue weighted by Crippen LogP contribution is -2.41. The number of nitriles is 1. The van der Waals surface area contributed by atoms with Crippen molar-refractivity contribution in [1.82, 2.24) is 0 Å². The van der Waals surface area contributed by atoms with Crippen molar-refractivity contribution in [2.45, 2.75) is 31.3 Å². The molecule has 0 unspecified atom stereocenters. The average Bonchev–Trinajstić information content (AvgIpc) is 2.46. The second kappa shape index (κ2) is 6.10. The maximum Gasteiger partial charge on any atom is 0.306 e. The summed E-state index contributed by atoms with van der Waals surface area (Å²) >= 11 is 0. The summed E-state index contributed by atoms with van der Waals surface area (Å²) in [5.74, 6) is -1.87. The number of aliphatic carboxylic acids is 1. The minimum atomic E-state index is -1.13. The number of hydrogen-bond donors (Lipinski definition) is 2. The van der Waals surface area contributed by atoms with Crippen LogP contribution in [0.4, 0.5) is 4.39 Å². The molecule has 21 heavy (non-hydrogen) atoms. The van der Waals surface area contributed by atoms with Gasteiger partial charge in [0.25, 0.3) is 0 Å². The van der Waals surface area contributed by atoms with Crippen molar-refractivity contribution in [3.8, 4) is 11.8 Å².